The van der Waals surface area contributed by atoms with Crippen molar-refractivity contribution in [1.82, 2.24) is 9.80 Å². The monoisotopic (exact) mass is 318 g/mol. The zero-order valence-electron chi connectivity index (χ0n) is 13.3. The number of benzene rings is 1. The highest BCUT2D eigenvalue weighted by Crippen LogP contribution is 2.27. The van der Waals surface area contributed by atoms with Crippen LogP contribution in [-0.2, 0) is 20.9 Å². The Morgan fingerprint density at radius 1 is 1.17 bits per heavy atom. The molecule has 0 unspecified atom stereocenters. The van der Waals surface area contributed by atoms with Crippen molar-refractivity contribution >= 4 is 17.8 Å². The molecule has 23 heavy (non-hydrogen) atoms. The third-order valence-electron chi connectivity index (χ3n) is 3.87. The van der Waals surface area contributed by atoms with E-state index in [1.807, 2.05) is 30.3 Å². The highest BCUT2D eigenvalue weighted by Gasteiger charge is 2.33. The van der Waals surface area contributed by atoms with Gasteiger partial charge in [-0.05, 0) is 18.4 Å². The molecule has 0 aliphatic heterocycles. The Kier molecular flexibility index (Phi) is 5.73. The molecule has 0 bridgehead atoms. The lowest BCUT2D eigenvalue weighted by atomic mass is 10.2. The Morgan fingerprint density at radius 3 is 2.35 bits per heavy atom. The van der Waals surface area contributed by atoms with Crippen LogP contribution in [0.2, 0.25) is 0 Å². The van der Waals surface area contributed by atoms with Crippen molar-refractivity contribution in [3.63, 3.8) is 0 Å². The third-order valence-corrected chi connectivity index (χ3v) is 3.87. The SMILES string of the molecule is CC(=O)N(CCC(=O)N(CC(=O)O)C1CC1)Cc1ccccc1. The van der Waals surface area contributed by atoms with Gasteiger partial charge in [0.2, 0.25) is 11.8 Å². The molecule has 6 heteroatoms. The van der Waals surface area contributed by atoms with Crippen LogP contribution in [-0.4, -0.2) is 51.8 Å². The average Bonchev–Trinajstić information content (AvgIpc) is 3.34. The first-order valence-electron chi connectivity index (χ1n) is 7.78. The second kappa shape index (κ2) is 7.76. The molecule has 6 nitrogen and oxygen atoms in total. The Bertz CT molecular complexity index is 569. The van der Waals surface area contributed by atoms with Crippen LogP contribution in [0.3, 0.4) is 0 Å². The molecule has 1 aliphatic rings. The maximum Gasteiger partial charge on any atom is 0.323 e. The molecular formula is C17H22N2O4. The van der Waals surface area contributed by atoms with Gasteiger partial charge in [-0.3, -0.25) is 14.4 Å². The summed E-state index contributed by atoms with van der Waals surface area (Å²) in [4.78, 5) is 37.9. The number of carboxylic acid groups (broad SMARTS) is 1. The maximum absolute atomic E-state index is 12.3. The average molecular weight is 318 g/mol. The number of amides is 2. The fourth-order valence-electron chi connectivity index (χ4n) is 2.48. The first-order chi connectivity index (χ1) is 11.0. The Hall–Kier alpha value is -2.37. The summed E-state index contributed by atoms with van der Waals surface area (Å²) in [6.45, 7) is 1.96. The normalized spacial score (nSPS) is 13.4. The van der Waals surface area contributed by atoms with E-state index in [1.54, 1.807) is 4.90 Å². The molecule has 1 fully saturated rings. The molecule has 0 atom stereocenters. The quantitative estimate of drug-likeness (QED) is 0.788. The van der Waals surface area contributed by atoms with Crippen molar-refractivity contribution in [2.45, 2.75) is 38.8 Å². The lowest BCUT2D eigenvalue weighted by Crippen LogP contribution is -2.40. The summed E-state index contributed by atoms with van der Waals surface area (Å²) in [7, 11) is 0. The van der Waals surface area contributed by atoms with Gasteiger partial charge in [0.1, 0.15) is 6.54 Å². The highest BCUT2D eigenvalue weighted by molar-refractivity contribution is 5.82. The number of hydrogen-bond acceptors (Lipinski definition) is 3. The zero-order chi connectivity index (χ0) is 16.8. The summed E-state index contributed by atoms with van der Waals surface area (Å²) < 4.78 is 0. The molecule has 1 aromatic carbocycles. The van der Waals surface area contributed by atoms with Crippen LogP contribution in [0, 0.1) is 0 Å². The Balaban J connectivity index is 1.91. The summed E-state index contributed by atoms with van der Waals surface area (Å²) in [6, 6.07) is 9.63. The standard InChI is InChI=1S/C17H22N2O4/c1-13(20)18(11-14-5-3-2-4-6-14)10-9-16(21)19(12-17(22)23)15-7-8-15/h2-6,15H,7-12H2,1H3,(H,22,23). The van der Waals surface area contributed by atoms with E-state index in [9.17, 15) is 14.4 Å². The van der Waals surface area contributed by atoms with Crippen molar-refractivity contribution in [2.75, 3.05) is 13.1 Å². The minimum Gasteiger partial charge on any atom is -0.480 e. The number of nitrogens with zero attached hydrogens (tertiary/aromatic N) is 2. The van der Waals surface area contributed by atoms with Gasteiger partial charge in [-0.15, -0.1) is 0 Å². The van der Waals surface area contributed by atoms with E-state index < -0.39 is 5.97 Å². The van der Waals surface area contributed by atoms with Crippen LogP contribution >= 0.6 is 0 Å². The van der Waals surface area contributed by atoms with E-state index in [-0.39, 0.29) is 30.8 Å². The summed E-state index contributed by atoms with van der Waals surface area (Å²) in [5.74, 6) is -1.30. The van der Waals surface area contributed by atoms with Gasteiger partial charge < -0.3 is 14.9 Å². The molecule has 1 saturated carbocycles. The van der Waals surface area contributed by atoms with Crippen LogP contribution < -0.4 is 0 Å². The molecule has 124 valence electrons. The molecule has 1 aliphatic carbocycles. The van der Waals surface area contributed by atoms with E-state index >= 15 is 0 Å². The largest absolute Gasteiger partial charge is 0.480 e. The minimum absolute atomic E-state index is 0.0542. The van der Waals surface area contributed by atoms with E-state index in [0.717, 1.165) is 18.4 Å². The Morgan fingerprint density at radius 2 is 1.83 bits per heavy atom. The number of hydrogen-bond donors (Lipinski definition) is 1. The molecule has 0 aromatic heterocycles. The number of rotatable bonds is 8. The number of carbonyl (C=O) groups excluding carboxylic acids is 2. The first kappa shape index (κ1) is 17.0. The van der Waals surface area contributed by atoms with Gasteiger partial charge in [0, 0.05) is 32.5 Å². The lowest BCUT2D eigenvalue weighted by molar-refractivity contribution is -0.145. The fraction of sp³-hybridized carbons (Fsp3) is 0.471. The molecule has 0 spiro atoms. The molecular weight excluding hydrogens is 296 g/mol. The van der Waals surface area contributed by atoms with Crippen molar-refractivity contribution in [3.8, 4) is 0 Å². The van der Waals surface area contributed by atoms with E-state index in [0.29, 0.717) is 13.1 Å². The van der Waals surface area contributed by atoms with E-state index in [1.165, 1.54) is 11.8 Å². The number of aliphatic carboxylic acids is 1. The minimum atomic E-state index is -1.00. The fourth-order valence-corrected chi connectivity index (χ4v) is 2.48. The lowest BCUT2D eigenvalue weighted by Gasteiger charge is -2.24. The molecule has 2 rings (SSSR count). The predicted octanol–water partition coefficient (Wildman–Crippen LogP) is 1.50. The van der Waals surface area contributed by atoms with Crippen molar-refractivity contribution in [3.05, 3.63) is 35.9 Å². The molecule has 1 aromatic rings. The van der Waals surface area contributed by atoms with Gasteiger partial charge in [0.15, 0.2) is 0 Å². The topological polar surface area (TPSA) is 77.9 Å². The maximum atomic E-state index is 12.3. The van der Waals surface area contributed by atoms with Gasteiger partial charge in [-0.25, -0.2) is 0 Å². The van der Waals surface area contributed by atoms with Crippen LogP contribution in [0.15, 0.2) is 30.3 Å². The van der Waals surface area contributed by atoms with E-state index in [4.69, 9.17) is 5.11 Å². The summed E-state index contributed by atoms with van der Waals surface area (Å²) >= 11 is 0. The van der Waals surface area contributed by atoms with Crippen LogP contribution in [0.5, 0.6) is 0 Å². The van der Waals surface area contributed by atoms with Gasteiger partial charge >= 0.3 is 5.97 Å². The van der Waals surface area contributed by atoms with Crippen molar-refractivity contribution in [2.24, 2.45) is 0 Å². The molecule has 0 radical (unpaired) electrons. The second-order valence-electron chi connectivity index (χ2n) is 5.82. The summed E-state index contributed by atoms with van der Waals surface area (Å²) in [5.41, 5.74) is 1.000. The van der Waals surface area contributed by atoms with E-state index in [2.05, 4.69) is 0 Å². The number of carboxylic acids is 1. The third kappa shape index (κ3) is 5.39. The molecule has 1 N–H and O–H groups in total. The van der Waals surface area contributed by atoms with Crippen LogP contribution in [0.4, 0.5) is 0 Å². The van der Waals surface area contributed by atoms with Crippen LogP contribution in [0.1, 0.15) is 31.7 Å². The first-order valence-corrected chi connectivity index (χ1v) is 7.78. The van der Waals surface area contributed by atoms with Gasteiger partial charge in [0.25, 0.3) is 0 Å². The highest BCUT2D eigenvalue weighted by atomic mass is 16.4. The van der Waals surface area contributed by atoms with Gasteiger partial charge in [-0.1, -0.05) is 30.3 Å². The zero-order valence-corrected chi connectivity index (χ0v) is 13.3. The predicted molar refractivity (Wildman–Crippen MR) is 84.5 cm³/mol. The smallest absolute Gasteiger partial charge is 0.323 e. The van der Waals surface area contributed by atoms with Gasteiger partial charge in [-0.2, -0.15) is 0 Å². The van der Waals surface area contributed by atoms with Crippen LogP contribution in [0.25, 0.3) is 0 Å². The molecule has 0 heterocycles. The summed E-state index contributed by atoms with van der Waals surface area (Å²) in [5, 5.41) is 8.91. The molecule has 2 amide bonds. The summed E-state index contributed by atoms with van der Waals surface area (Å²) in [6.07, 6.45) is 1.87. The Labute approximate surface area is 135 Å². The molecule has 0 saturated heterocycles. The van der Waals surface area contributed by atoms with Crippen molar-refractivity contribution < 1.29 is 19.5 Å². The second-order valence-corrected chi connectivity index (χ2v) is 5.82. The van der Waals surface area contributed by atoms with Gasteiger partial charge in [0.05, 0.1) is 0 Å². The number of carbonyl (C=O) groups is 3. The van der Waals surface area contributed by atoms with Crippen molar-refractivity contribution in [1.29, 1.82) is 0 Å².